The van der Waals surface area contributed by atoms with E-state index in [-0.39, 0.29) is 17.9 Å². The van der Waals surface area contributed by atoms with Gasteiger partial charge in [0.15, 0.2) is 0 Å². The number of benzene rings is 2. The molecule has 10 heteroatoms. The maximum absolute atomic E-state index is 13.0. The molecule has 184 valence electrons. The fraction of sp³-hybridized carbons (Fsp3) is 0.458. The molecular formula is C24H32N4O5S. The number of carbonyl (C=O) groups excluding carboxylic acids is 1. The largest absolute Gasteiger partial charge is 0.350 e. The highest BCUT2D eigenvalue weighted by Crippen LogP contribution is 2.29. The Labute approximate surface area is 201 Å². The van der Waals surface area contributed by atoms with E-state index in [4.69, 9.17) is 0 Å². The molecule has 1 amide bonds. The normalized spacial score (nSPS) is 15.5. The van der Waals surface area contributed by atoms with Gasteiger partial charge in [-0.1, -0.05) is 36.8 Å². The van der Waals surface area contributed by atoms with Crippen molar-refractivity contribution in [2.75, 3.05) is 23.7 Å². The highest BCUT2D eigenvalue weighted by molar-refractivity contribution is 7.92. The first-order valence-corrected chi connectivity index (χ1v) is 13.2. The Morgan fingerprint density at radius 3 is 2.47 bits per heavy atom. The smallest absolute Gasteiger partial charge is 0.271 e. The lowest BCUT2D eigenvalue weighted by molar-refractivity contribution is -0.384. The van der Waals surface area contributed by atoms with Crippen LogP contribution in [0.15, 0.2) is 42.5 Å². The van der Waals surface area contributed by atoms with Gasteiger partial charge in [-0.25, -0.2) is 8.42 Å². The lowest BCUT2D eigenvalue weighted by Crippen LogP contribution is -2.48. The topological polar surface area (TPSA) is 113 Å². The molecule has 0 aromatic heterocycles. The molecule has 2 aromatic carbocycles. The van der Waals surface area contributed by atoms with Crippen LogP contribution in [-0.4, -0.2) is 49.5 Å². The van der Waals surface area contributed by atoms with Gasteiger partial charge in [0.1, 0.15) is 6.04 Å². The fourth-order valence-electron chi connectivity index (χ4n) is 4.28. The van der Waals surface area contributed by atoms with Gasteiger partial charge in [0.25, 0.3) is 5.69 Å². The first-order chi connectivity index (χ1) is 16.1. The summed E-state index contributed by atoms with van der Waals surface area (Å²) in [4.78, 5) is 26.0. The number of anilines is 1. The quantitative estimate of drug-likeness (QED) is 0.428. The lowest BCUT2D eigenvalue weighted by atomic mass is 10.1. The highest BCUT2D eigenvalue weighted by atomic mass is 32.2. The Balaban J connectivity index is 1.73. The molecule has 0 radical (unpaired) electrons. The number of nitro benzene ring substituents is 1. The molecule has 1 fully saturated rings. The second-order valence-corrected chi connectivity index (χ2v) is 10.7. The average molecular weight is 489 g/mol. The van der Waals surface area contributed by atoms with Gasteiger partial charge in [0.2, 0.25) is 15.9 Å². The molecule has 2 aromatic rings. The maximum atomic E-state index is 13.0. The zero-order valence-corrected chi connectivity index (χ0v) is 20.7. The number of nitrogens with one attached hydrogen (secondary N) is 1. The van der Waals surface area contributed by atoms with Gasteiger partial charge in [0.05, 0.1) is 16.9 Å². The number of rotatable bonds is 9. The summed E-state index contributed by atoms with van der Waals surface area (Å²) in [7, 11) is -3.89. The first-order valence-electron chi connectivity index (χ1n) is 11.4. The maximum Gasteiger partial charge on any atom is 0.271 e. The molecule has 0 bridgehead atoms. The van der Waals surface area contributed by atoms with E-state index in [2.05, 4.69) is 22.3 Å². The molecule has 1 heterocycles. The number of carbonyl (C=O) groups is 1. The second kappa shape index (κ2) is 11.0. The zero-order valence-electron chi connectivity index (χ0n) is 19.9. The lowest BCUT2D eigenvalue weighted by Gasteiger charge is -2.29. The molecule has 9 nitrogen and oxygen atoms in total. The first kappa shape index (κ1) is 25.6. The van der Waals surface area contributed by atoms with Gasteiger partial charge < -0.3 is 5.32 Å². The van der Waals surface area contributed by atoms with Crippen LogP contribution in [0, 0.1) is 17.0 Å². The van der Waals surface area contributed by atoms with Gasteiger partial charge >= 0.3 is 0 Å². The number of piperidine rings is 1. The van der Waals surface area contributed by atoms with Crippen molar-refractivity contribution in [2.24, 2.45) is 0 Å². The van der Waals surface area contributed by atoms with Gasteiger partial charge in [-0.2, -0.15) is 0 Å². The van der Waals surface area contributed by atoms with E-state index in [0.717, 1.165) is 35.8 Å². The molecule has 1 unspecified atom stereocenters. The summed E-state index contributed by atoms with van der Waals surface area (Å²) in [5, 5.41) is 14.0. The third-order valence-corrected chi connectivity index (χ3v) is 7.27. The molecule has 0 saturated carbocycles. The number of likely N-dealkylation sites (tertiary alicyclic amines) is 1. The summed E-state index contributed by atoms with van der Waals surface area (Å²) in [6.45, 7) is 6.43. The second-order valence-electron chi connectivity index (χ2n) is 8.84. The molecule has 0 spiro atoms. The van der Waals surface area contributed by atoms with Crippen molar-refractivity contribution in [2.45, 2.75) is 52.2 Å². The van der Waals surface area contributed by atoms with E-state index in [9.17, 15) is 23.3 Å². The SMILES string of the molecule is Cc1ccc([N+](=O)[O-])cc1N(C(C)C(=O)NCc1cccc(CN2CCCCC2)c1)S(C)(=O)=O. The number of hydrogen-bond donors (Lipinski definition) is 1. The minimum Gasteiger partial charge on any atom is -0.350 e. The Hall–Kier alpha value is -2.98. The summed E-state index contributed by atoms with van der Waals surface area (Å²) >= 11 is 0. The highest BCUT2D eigenvalue weighted by Gasteiger charge is 2.31. The monoisotopic (exact) mass is 488 g/mol. The molecule has 34 heavy (non-hydrogen) atoms. The van der Waals surface area contributed by atoms with Crippen molar-refractivity contribution < 1.29 is 18.1 Å². The van der Waals surface area contributed by atoms with Crippen LogP contribution in [0.1, 0.15) is 42.9 Å². The number of sulfonamides is 1. The zero-order chi connectivity index (χ0) is 24.9. The number of amides is 1. The molecule has 1 N–H and O–H groups in total. The van der Waals surface area contributed by atoms with Gasteiger partial charge in [0, 0.05) is 25.2 Å². The number of aryl methyl sites for hydroxylation is 1. The third-order valence-electron chi connectivity index (χ3n) is 6.04. The summed E-state index contributed by atoms with van der Waals surface area (Å²) < 4.78 is 26.1. The number of hydrogen-bond acceptors (Lipinski definition) is 6. The van der Waals surface area contributed by atoms with Crippen molar-refractivity contribution in [3.63, 3.8) is 0 Å². The Morgan fingerprint density at radius 1 is 1.15 bits per heavy atom. The molecule has 1 aliphatic heterocycles. The van der Waals surface area contributed by atoms with Crippen LogP contribution in [-0.2, 0) is 27.9 Å². The van der Waals surface area contributed by atoms with Crippen molar-refractivity contribution in [1.29, 1.82) is 0 Å². The molecule has 0 aliphatic carbocycles. The number of nitro groups is 1. The van der Waals surface area contributed by atoms with E-state index >= 15 is 0 Å². The fourth-order valence-corrected chi connectivity index (χ4v) is 5.50. The Morgan fingerprint density at radius 2 is 1.82 bits per heavy atom. The Kier molecular flexibility index (Phi) is 8.27. The number of non-ortho nitro benzene ring substituents is 1. The summed E-state index contributed by atoms with van der Waals surface area (Å²) in [5.74, 6) is -0.488. The number of nitrogens with zero attached hydrogens (tertiary/aromatic N) is 3. The predicted octanol–water partition coefficient (Wildman–Crippen LogP) is 3.36. The molecule has 1 aliphatic rings. The van der Waals surface area contributed by atoms with E-state index in [1.165, 1.54) is 49.9 Å². The average Bonchev–Trinajstić information content (AvgIpc) is 2.78. The van der Waals surface area contributed by atoms with Crippen LogP contribution < -0.4 is 9.62 Å². The molecular weight excluding hydrogens is 456 g/mol. The third kappa shape index (κ3) is 6.54. The van der Waals surface area contributed by atoms with Gasteiger partial charge in [-0.15, -0.1) is 0 Å². The standard InChI is InChI=1S/C24H32N4O5S/c1-18-10-11-22(28(30)31)15-23(18)27(34(3,32)33)19(2)24(29)25-16-20-8-7-9-21(14-20)17-26-12-5-4-6-13-26/h7-11,14-15,19H,4-6,12-13,16-17H2,1-3H3,(H,25,29). The van der Waals surface area contributed by atoms with Crippen molar-refractivity contribution in [3.05, 3.63) is 69.3 Å². The van der Waals surface area contributed by atoms with Gasteiger partial charge in [-0.3, -0.25) is 24.1 Å². The van der Waals surface area contributed by atoms with Crippen LogP contribution in [0.5, 0.6) is 0 Å². The van der Waals surface area contributed by atoms with Crippen LogP contribution >= 0.6 is 0 Å². The van der Waals surface area contributed by atoms with Crippen molar-refractivity contribution in [3.8, 4) is 0 Å². The molecule has 1 atom stereocenters. The van der Waals surface area contributed by atoms with Crippen LogP contribution in [0.2, 0.25) is 0 Å². The van der Waals surface area contributed by atoms with Crippen LogP contribution in [0.3, 0.4) is 0 Å². The van der Waals surface area contributed by atoms with E-state index in [1.807, 2.05) is 12.1 Å². The van der Waals surface area contributed by atoms with Crippen molar-refractivity contribution >= 4 is 27.3 Å². The summed E-state index contributed by atoms with van der Waals surface area (Å²) in [6, 6.07) is 10.9. The minimum atomic E-state index is -3.89. The predicted molar refractivity (Wildman–Crippen MR) is 132 cm³/mol. The van der Waals surface area contributed by atoms with E-state index in [0.29, 0.717) is 5.56 Å². The van der Waals surface area contributed by atoms with Gasteiger partial charge in [-0.05, 0) is 56.5 Å². The van der Waals surface area contributed by atoms with E-state index in [1.54, 1.807) is 6.92 Å². The summed E-state index contributed by atoms with van der Waals surface area (Å²) in [5.41, 5.74) is 2.48. The van der Waals surface area contributed by atoms with Crippen LogP contribution in [0.25, 0.3) is 0 Å². The Bertz CT molecular complexity index is 1150. The van der Waals surface area contributed by atoms with E-state index < -0.39 is 26.9 Å². The van der Waals surface area contributed by atoms with Crippen molar-refractivity contribution in [1.82, 2.24) is 10.2 Å². The molecule has 3 rings (SSSR count). The minimum absolute atomic E-state index is 0.114. The molecule has 1 saturated heterocycles. The van der Waals surface area contributed by atoms with Crippen LogP contribution in [0.4, 0.5) is 11.4 Å². The summed E-state index contributed by atoms with van der Waals surface area (Å²) in [6.07, 6.45) is 4.70.